The fraction of sp³-hybridized carbons (Fsp3) is 0.273. The highest BCUT2D eigenvalue weighted by molar-refractivity contribution is 6.40. The highest BCUT2D eigenvalue weighted by Gasteiger charge is 2.54. The number of hydrogen-bond acceptors (Lipinski definition) is 5. The van der Waals surface area contributed by atoms with Crippen molar-refractivity contribution in [2.45, 2.75) is 31.9 Å². The van der Waals surface area contributed by atoms with Crippen molar-refractivity contribution in [2.75, 3.05) is 12.4 Å². The zero-order valence-electron chi connectivity index (χ0n) is 15.8. The minimum atomic E-state index is -0.878. The van der Waals surface area contributed by atoms with Gasteiger partial charge in [0, 0.05) is 16.8 Å². The number of benzene rings is 2. The standard InChI is InChI=1S/C22H21NO4/c1-13-5-7-17-16(11-13)21(2,3)22(23-17)10-9-14-12-15(6-8-18(14)27-22)19(24)20(25)26-4/h5-12,23H,1-4H3. The Hall–Kier alpha value is -3.08. The topological polar surface area (TPSA) is 64.6 Å². The van der Waals surface area contributed by atoms with Crippen LogP contribution in [0.15, 0.2) is 42.5 Å². The number of ketones is 1. The Balaban J connectivity index is 1.72. The maximum absolute atomic E-state index is 12.0. The molecule has 2 aromatic carbocycles. The number of anilines is 1. The number of methoxy groups -OCH3 is 1. The Morgan fingerprint density at radius 3 is 2.63 bits per heavy atom. The molecule has 2 heterocycles. The van der Waals surface area contributed by atoms with E-state index in [4.69, 9.17) is 4.74 Å². The summed E-state index contributed by atoms with van der Waals surface area (Å²) in [4.78, 5) is 23.5. The van der Waals surface area contributed by atoms with Gasteiger partial charge < -0.3 is 14.8 Å². The molecule has 1 spiro atoms. The van der Waals surface area contributed by atoms with Crippen LogP contribution in [-0.2, 0) is 14.9 Å². The molecule has 1 unspecified atom stereocenters. The van der Waals surface area contributed by atoms with Crippen LogP contribution < -0.4 is 10.1 Å². The first-order valence-corrected chi connectivity index (χ1v) is 8.82. The molecule has 2 aliphatic rings. The molecule has 27 heavy (non-hydrogen) atoms. The third-order valence-electron chi connectivity index (χ3n) is 5.51. The van der Waals surface area contributed by atoms with Gasteiger partial charge >= 0.3 is 5.97 Å². The first-order chi connectivity index (χ1) is 12.8. The average molecular weight is 363 g/mol. The third-order valence-corrected chi connectivity index (χ3v) is 5.51. The molecular weight excluding hydrogens is 342 g/mol. The largest absolute Gasteiger partial charge is 0.463 e. The van der Waals surface area contributed by atoms with E-state index in [1.165, 1.54) is 18.2 Å². The normalized spacial score (nSPS) is 21.0. The quantitative estimate of drug-likeness (QED) is 0.499. The number of Topliss-reactive ketones (excluding diaryl/α,β-unsaturated/α-hetero) is 1. The van der Waals surface area contributed by atoms with Gasteiger partial charge in [-0.15, -0.1) is 0 Å². The molecule has 0 fully saturated rings. The first kappa shape index (κ1) is 17.3. The molecule has 138 valence electrons. The summed E-state index contributed by atoms with van der Waals surface area (Å²) >= 11 is 0. The molecule has 0 aliphatic carbocycles. The van der Waals surface area contributed by atoms with Crippen molar-refractivity contribution >= 4 is 23.5 Å². The Labute approximate surface area is 158 Å². The van der Waals surface area contributed by atoms with Crippen LogP contribution in [0.25, 0.3) is 6.08 Å². The lowest BCUT2D eigenvalue weighted by Gasteiger charge is -2.41. The fourth-order valence-electron chi connectivity index (χ4n) is 3.78. The molecule has 0 saturated heterocycles. The monoisotopic (exact) mass is 363 g/mol. The highest BCUT2D eigenvalue weighted by Crippen LogP contribution is 2.51. The summed E-state index contributed by atoms with van der Waals surface area (Å²) < 4.78 is 10.9. The average Bonchev–Trinajstić information content (AvgIpc) is 2.87. The Bertz CT molecular complexity index is 1010. The lowest BCUT2D eigenvalue weighted by atomic mass is 9.76. The summed E-state index contributed by atoms with van der Waals surface area (Å²) in [6.07, 6.45) is 3.91. The lowest BCUT2D eigenvalue weighted by molar-refractivity contribution is -0.135. The maximum Gasteiger partial charge on any atom is 0.379 e. The van der Waals surface area contributed by atoms with Gasteiger partial charge in [-0.25, -0.2) is 4.79 Å². The van der Waals surface area contributed by atoms with Crippen LogP contribution in [0.5, 0.6) is 5.75 Å². The lowest BCUT2D eigenvalue weighted by Crippen LogP contribution is -2.53. The second kappa shape index (κ2) is 5.71. The van der Waals surface area contributed by atoms with Gasteiger partial charge in [0.1, 0.15) is 5.75 Å². The SMILES string of the molecule is COC(=O)C(=O)c1ccc2c(c1)C=CC1(Nc3ccc(C)cc3C1(C)C)O2. The fourth-order valence-corrected chi connectivity index (χ4v) is 3.78. The van der Waals surface area contributed by atoms with E-state index in [9.17, 15) is 9.59 Å². The van der Waals surface area contributed by atoms with Gasteiger partial charge in [-0.2, -0.15) is 0 Å². The van der Waals surface area contributed by atoms with Gasteiger partial charge in [-0.1, -0.05) is 17.7 Å². The number of carbonyl (C=O) groups excluding carboxylic acids is 2. The van der Waals surface area contributed by atoms with E-state index < -0.39 is 17.5 Å². The number of esters is 1. The molecule has 5 nitrogen and oxygen atoms in total. The maximum atomic E-state index is 12.0. The van der Waals surface area contributed by atoms with E-state index in [0.29, 0.717) is 5.75 Å². The Morgan fingerprint density at radius 2 is 1.89 bits per heavy atom. The minimum Gasteiger partial charge on any atom is -0.463 e. The number of nitrogens with one attached hydrogen (secondary N) is 1. The minimum absolute atomic E-state index is 0.280. The van der Waals surface area contributed by atoms with Crippen LogP contribution in [0, 0.1) is 6.92 Å². The van der Waals surface area contributed by atoms with Gasteiger partial charge in [0.15, 0.2) is 0 Å². The van der Waals surface area contributed by atoms with Crippen molar-refractivity contribution in [1.29, 1.82) is 0 Å². The van der Waals surface area contributed by atoms with E-state index in [-0.39, 0.29) is 11.0 Å². The molecule has 1 N–H and O–H groups in total. The molecule has 2 aromatic rings. The summed E-state index contributed by atoms with van der Waals surface area (Å²) in [6, 6.07) is 11.3. The molecule has 1 atom stereocenters. The summed E-state index contributed by atoms with van der Waals surface area (Å²) in [5.74, 6) is -0.892. The van der Waals surface area contributed by atoms with Crippen molar-refractivity contribution in [3.63, 3.8) is 0 Å². The summed E-state index contributed by atoms with van der Waals surface area (Å²) in [5, 5.41) is 3.52. The number of aryl methyl sites for hydroxylation is 1. The molecule has 0 amide bonds. The third kappa shape index (κ3) is 2.46. The number of ether oxygens (including phenoxy) is 2. The molecule has 4 rings (SSSR count). The van der Waals surface area contributed by atoms with E-state index in [1.54, 1.807) is 18.2 Å². The van der Waals surface area contributed by atoms with E-state index in [1.807, 2.05) is 12.2 Å². The van der Waals surface area contributed by atoms with Crippen LogP contribution in [-0.4, -0.2) is 24.6 Å². The van der Waals surface area contributed by atoms with Crippen LogP contribution in [0.4, 0.5) is 5.69 Å². The number of hydrogen-bond donors (Lipinski definition) is 1. The second-order valence-electron chi connectivity index (χ2n) is 7.54. The number of fused-ring (bicyclic) bond motifs is 2. The van der Waals surface area contributed by atoms with Crippen molar-refractivity contribution in [1.82, 2.24) is 0 Å². The van der Waals surface area contributed by atoms with E-state index in [0.717, 1.165) is 11.3 Å². The van der Waals surface area contributed by atoms with Gasteiger partial charge in [0.05, 0.1) is 12.5 Å². The predicted molar refractivity (Wildman–Crippen MR) is 103 cm³/mol. The van der Waals surface area contributed by atoms with Crippen molar-refractivity contribution in [3.8, 4) is 5.75 Å². The van der Waals surface area contributed by atoms with Crippen LogP contribution >= 0.6 is 0 Å². The van der Waals surface area contributed by atoms with Gasteiger partial charge in [-0.05, 0) is 62.8 Å². The second-order valence-corrected chi connectivity index (χ2v) is 7.54. The van der Waals surface area contributed by atoms with Crippen molar-refractivity contribution in [2.24, 2.45) is 0 Å². The summed E-state index contributed by atoms with van der Waals surface area (Å²) in [7, 11) is 1.19. The molecule has 0 saturated carbocycles. The van der Waals surface area contributed by atoms with Crippen molar-refractivity contribution < 1.29 is 19.1 Å². The molecule has 0 bridgehead atoms. The smallest absolute Gasteiger partial charge is 0.379 e. The molecular formula is C22H21NO4. The van der Waals surface area contributed by atoms with E-state index >= 15 is 0 Å². The highest BCUT2D eigenvalue weighted by atomic mass is 16.5. The summed E-state index contributed by atoms with van der Waals surface area (Å²) in [6.45, 7) is 6.37. The molecule has 0 aromatic heterocycles. The number of rotatable bonds is 2. The predicted octanol–water partition coefficient (Wildman–Crippen LogP) is 3.86. The van der Waals surface area contributed by atoms with Gasteiger partial charge in [0.25, 0.3) is 5.78 Å². The molecule has 5 heteroatoms. The van der Waals surface area contributed by atoms with Crippen LogP contribution in [0.2, 0.25) is 0 Å². The Kier molecular flexibility index (Phi) is 3.67. The molecule has 0 radical (unpaired) electrons. The molecule has 2 aliphatic heterocycles. The number of carbonyl (C=O) groups is 2. The van der Waals surface area contributed by atoms with Crippen LogP contribution in [0.1, 0.15) is 40.9 Å². The zero-order chi connectivity index (χ0) is 19.4. The van der Waals surface area contributed by atoms with Gasteiger partial charge in [-0.3, -0.25) is 4.79 Å². The first-order valence-electron chi connectivity index (χ1n) is 8.82. The Morgan fingerprint density at radius 1 is 1.11 bits per heavy atom. The van der Waals surface area contributed by atoms with E-state index in [2.05, 4.69) is 49.0 Å². The van der Waals surface area contributed by atoms with Crippen molar-refractivity contribution in [3.05, 3.63) is 64.7 Å². The van der Waals surface area contributed by atoms with Gasteiger partial charge in [0.2, 0.25) is 5.72 Å². The zero-order valence-corrected chi connectivity index (χ0v) is 15.8. The summed E-state index contributed by atoms with van der Waals surface area (Å²) in [5.41, 5.74) is 3.46. The van der Waals surface area contributed by atoms with Crippen LogP contribution in [0.3, 0.4) is 0 Å².